The average molecular weight is 172 g/mol. The summed E-state index contributed by atoms with van der Waals surface area (Å²) >= 11 is 0. The molecular formula is C7H9N3O2. The van der Waals surface area contributed by atoms with Gasteiger partial charge in [0.1, 0.15) is 11.9 Å². The predicted octanol–water partition coefficient (Wildman–Crippen LogP) is -0.164. The van der Waals surface area contributed by atoms with Crippen molar-refractivity contribution in [3.05, 3.63) is 12.3 Å². The van der Waals surface area contributed by atoms with E-state index in [1.54, 1.807) is 0 Å². The molecule has 1 fully saturated rings. The van der Waals surface area contributed by atoms with Crippen LogP contribution in [-0.2, 0) is 4.74 Å². The number of nitrogens with zero attached hydrogens (tertiary/aromatic N) is 2. The molecule has 1 aromatic rings. The summed E-state index contributed by atoms with van der Waals surface area (Å²) in [7, 11) is 0. The highest BCUT2D eigenvalue weighted by molar-refractivity contribution is 5.26. The van der Waals surface area contributed by atoms with E-state index in [2.05, 4.69) is 14.7 Å². The molecule has 0 saturated carbocycles. The Morgan fingerprint density at radius 3 is 3.33 bits per heavy atom. The van der Waals surface area contributed by atoms with Gasteiger partial charge in [0, 0.05) is 6.20 Å². The Balaban J connectivity index is 2.28. The number of aromatic nitrogens is 2. The third-order valence-electron chi connectivity index (χ3n) is 1.14. The van der Waals surface area contributed by atoms with Crippen molar-refractivity contribution in [3.8, 4) is 6.01 Å². The Kier molecular flexibility index (Phi) is 0.875. The van der Waals surface area contributed by atoms with E-state index in [1.165, 1.54) is 12.3 Å². The molecule has 0 aromatic carbocycles. The van der Waals surface area contributed by atoms with Gasteiger partial charge in [0.2, 0.25) is 0 Å². The molecule has 12 heavy (non-hydrogen) atoms. The third kappa shape index (κ3) is 1.45. The molecule has 0 amide bonds. The van der Waals surface area contributed by atoms with Gasteiger partial charge in [-0.15, -0.1) is 0 Å². The highest BCUT2D eigenvalue weighted by Gasteiger charge is 2.20. The Morgan fingerprint density at radius 1 is 1.83 bits per heavy atom. The Bertz CT molecular complexity index is 441. The number of nitrogens with two attached hydrogens (primary N) is 1. The molecule has 2 rings (SSSR count). The summed E-state index contributed by atoms with van der Waals surface area (Å²) in [5, 5.41) is 0. The molecule has 1 aromatic heterocycles. The lowest BCUT2D eigenvalue weighted by molar-refractivity contribution is -0.0830. The van der Waals surface area contributed by atoms with Crippen molar-refractivity contribution >= 4 is 5.82 Å². The topological polar surface area (TPSA) is 70.3 Å². The van der Waals surface area contributed by atoms with Crippen LogP contribution in [0.25, 0.3) is 0 Å². The van der Waals surface area contributed by atoms with Crippen LogP contribution in [0.3, 0.4) is 0 Å². The molecule has 0 atom stereocenters. The van der Waals surface area contributed by atoms with Gasteiger partial charge in [-0.2, -0.15) is 4.98 Å². The Morgan fingerprint density at radius 2 is 2.67 bits per heavy atom. The molecule has 0 bridgehead atoms. The summed E-state index contributed by atoms with van der Waals surface area (Å²) in [5.41, 5.74) is 5.36. The lowest BCUT2D eigenvalue weighted by Gasteiger charge is -2.25. The highest BCUT2D eigenvalue weighted by Crippen LogP contribution is 2.10. The Labute approximate surface area is 76.6 Å². The van der Waals surface area contributed by atoms with Gasteiger partial charge in [-0.25, -0.2) is 4.98 Å². The number of hydrogen-bond donors (Lipinski definition) is 1. The Hall–Kier alpha value is -1.36. The standard InChI is InChI=1S/C7H9N3O2/c8-6-1-2-9-7(10-6)12-5-3-11-4-5/h1-2,5H,3-4H2,(H2,8,9,10)/i3D2,4D2,5D. The SMILES string of the molecule is [2H]C1([2H])OC([2H])([2H])C1([2H])Oc1nccc(N)n1. The second kappa shape index (κ2) is 2.94. The maximum absolute atomic E-state index is 7.66. The normalized spacial score (nSPS) is 34.2. The van der Waals surface area contributed by atoms with Gasteiger partial charge >= 0.3 is 6.01 Å². The minimum atomic E-state index is -2.59. The van der Waals surface area contributed by atoms with Crippen LogP contribution in [0.1, 0.15) is 6.85 Å². The van der Waals surface area contributed by atoms with E-state index in [1.807, 2.05) is 0 Å². The van der Waals surface area contributed by atoms with Crippen molar-refractivity contribution in [1.29, 1.82) is 0 Å². The van der Waals surface area contributed by atoms with Crippen LogP contribution < -0.4 is 10.5 Å². The van der Waals surface area contributed by atoms with E-state index in [0.717, 1.165) is 0 Å². The number of rotatable bonds is 2. The van der Waals surface area contributed by atoms with Crippen molar-refractivity contribution in [1.82, 2.24) is 9.97 Å². The van der Waals surface area contributed by atoms with Crippen LogP contribution in [0.15, 0.2) is 12.3 Å². The van der Waals surface area contributed by atoms with E-state index >= 15 is 0 Å². The van der Waals surface area contributed by atoms with E-state index in [4.69, 9.17) is 17.3 Å². The average Bonchev–Trinajstić information content (AvgIpc) is 2.15. The molecule has 0 radical (unpaired) electrons. The smallest absolute Gasteiger partial charge is 0.318 e. The third-order valence-corrected chi connectivity index (χ3v) is 1.14. The maximum atomic E-state index is 7.66. The van der Waals surface area contributed by atoms with Crippen LogP contribution in [-0.4, -0.2) is 29.2 Å². The minimum absolute atomic E-state index is 0.0694. The molecule has 5 nitrogen and oxygen atoms in total. The number of anilines is 1. The van der Waals surface area contributed by atoms with E-state index in [9.17, 15) is 0 Å². The molecular weight excluding hydrogens is 158 g/mol. The van der Waals surface area contributed by atoms with Gasteiger partial charge in [0.15, 0.2) is 0 Å². The fourth-order valence-electron chi connectivity index (χ4n) is 0.629. The van der Waals surface area contributed by atoms with Crippen LogP contribution in [0.2, 0.25) is 0 Å². The van der Waals surface area contributed by atoms with Gasteiger partial charge in [0.05, 0.1) is 20.0 Å². The molecule has 0 aliphatic carbocycles. The molecule has 1 saturated heterocycles. The zero-order valence-corrected chi connectivity index (χ0v) is 5.94. The lowest BCUT2D eigenvalue weighted by atomic mass is 10.3. The van der Waals surface area contributed by atoms with E-state index in [0.29, 0.717) is 0 Å². The zero-order chi connectivity index (χ0) is 12.9. The summed E-state index contributed by atoms with van der Waals surface area (Å²) in [6, 6.07) is 1.00. The van der Waals surface area contributed by atoms with Gasteiger partial charge in [-0.05, 0) is 6.07 Å². The second-order valence-electron chi connectivity index (χ2n) is 2.00. The molecule has 1 aliphatic rings. The summed E-state index contributed by atoms with van der Waals surface area (Å²) < 4.78 is 45.9. The van der Waals surface area contributed by atoms with Gasteiger partial charge in [0.25, 0.3) is 0 Å². The first-order valence-corrected chi connectivity index (χ1v) is 3.16. The predicted molar refractivity (Wildman–Crippen MR) is 41.7 cm³/mol. The van der Waals surface area contributed by atoms with Crippen molar-refractivity contribution in [2.45, 2.75) is 6.08 Å². The maximum Gasteiger partial charge on any atom is 0.318 e. The summed E-state index contributed by atoms with van der Waals surface area (Å²) in [6.45, 7) is -5.19. The van der Waals surface area contributed by atoms with Crippen molar-refractivity contribution in [3.63, 3.8) is 0 Å². The van der Waals surface area contributed by atoms with Crippen LogP contribution in [0.4, 0.5) is 5.82 Å². The van der Waals surface area contributed by atoms with Crippen molar-refractivity contribution in [2.24, 2.45) is 0 Å². The molecule has 1 aliphatic heterocycles. The van der Waals surface area contributed by atoms with Crippen LogP contribution >= 0.6 is 0 Å². The van der Waals surface area contributed by atoms with Crippen molar-refractivity contribution in [2.75, 3.05) is 18.9 Å². The van der Waals surface area contributed by atoms with Gasteiger partial charge in [-0.3, -0.25) is 0 Å². The van der Waals surface area contributed by atoms with E-state index in [-0.39, 0.29) is 11.8 Å². The fraction of sp³-hybridized carbons (Fsp3) is 0.429. The number of ether oxygens (including phenoxy) is 2. The lowest BCUT2D eigenvalue weighted by Crippen LogP contribution is -2.39. The zero-order valence-electron chi connectivity index (χ0n) is 10.9. The van der Waals surface area contributed by atoms with Crippen LogP contribution in [0.5, 0.6) is 6.01 Å². The number of nitrogen functional groups attached to an aromatic ring is 1. The van der Waals surface area contributed by atoms with Crippen LogP contribution in [0, 0.1) is 0 Å². The molecule has 2 heterocycles. The summed E-state index contributed by atoms with van der Waals surface area (Å²) in [6.07, 6.45) is -1.32. The largest absolute Gasteiger partial charge is 0.455 e. The minimum Gasteiger partial charge on any atom is -0.455 e. The first-order valence-electron chi connectivity index (χ1n) is 5.66. The molecule has 5 heteroatoms. The quantitative estimate of drug-likeness (QED) is 0.671. The first kappa shape index (κ1) is 3.57. The molecule has 64 valence electrons. The summed E-state index contributed by atoms with van der Waals surface area (Å²) in [5.74, 6) is 0.0694. The monoisotopic (exact) mass is 172 g/mol. The number of hydrogen-bond acceptors (Lipinski definition) is 5. The first-order chi connectivity index (χ1) is 7.68. The van der Waals surface area contributed by atoms with Gasteiger partial charge < -0.3 is 15.2 Å². The second-order valence-corrected chi connectivity index (χ2v) is 2.00. The van der Waals surface area contributed by atoms with Gasteiger partial charge in [-0.1, -0.05) is 0 Å². The molecule has 2 N–H and O–H groups in total. The van der Waals surface area contributed by atoms with Crippen molar-refractivity contribution < 1.29 is 16.3 Å². The molecule has 0 unspecified atom stereocenters. The summed E-state index contributed by atoms with van der Waals surface area (Å²) in [4.78, 5) is 7.22. The molecule has 0 spiro atoms. The highest BCUT2D eigenvalue weighted by atomic mass is 16.6. The van der Waals surface area contributed by atoms with E-state index < -0.39 is 19.2 Å². The fourth-order valence-corrected chi connectivity index (χ4v) is 0.629.